The largest absolute Gasteiger partial charge is 0.320 e. The van der Waals surface area contributed by atoms with Gasteiger partial charge in [0.25, 0.3) is 0 Å². The lowest BCUT2D eigenvalue weighted by Gasteiger charge is -2.06. The van der Waals surface area contributed by atoms with Crippen molar-refractivity contribution in [3.05, 3.63) is 0 Å². The Hall–Kier alpha value is -0.160. The maximum absolute atomic E-state index is 3.52. The predicted octanol–water partition coefficient (Wildman–Crippen LogP) is 1.73. The third kappa shape index (κ3) is 17.8. The van der Waals surface area contributed by atoms with Crippen molar-refractivity contribution < 1.29 is 0 Å². The van der Waals surface area contributed by atoms with E-state index in [1.165, 1.54) is 58.0 Å². The zero-order chi connectivity index (χ0) is 14.7. The Labute approximate surface area is 126 Å². The van der Waals surface area contributed by atoms with E-state index in [-0.39, 0.29) is 0 Å². The quantitative estimate of drug-likeness (QED) is 0.308. The van der Waals surface area contributed by atoms with Gasteiger partial charge in [-0.05, 0) is 78.5 Å². The monoisotopic (exact) mass is 286 g/mol. The molecule has 4 heteroatoms. The van der Waals surface area contributed by atoms with Crippen LogP contribution in [0.1, 0.15) is 51.9 Å². The fourth-order valence-corrected chi connectivity index (χ4v) is 2.19. The van der Waals surface area contributed by atoms with Crippen molar-refractivity contribution >= 4 is 0 Å². The molecule has 0 aliphatic heterocycles. The van der Waals surface area contributed by atoms with Gasteiger partial charge in [0, 0.05) is 0 Å². The van der Waals surface area contributed by atoms with Gasteiger partial charge in [-0.25, -0.2) is 0 Å². The second-order valence-electron chi connectivity index (χ2n) is 5.43. The van der Waals surface area contributed by atoms with Gasteiger partial charge in [-0.3, -0.25) is 0 Å². The van der Waals surface area contributed by atoms with Crippen LogP contribution in [-0.2, 0) is 0 Å². The normalized spacial score (nSPS) is 11.1. The summed E-state index contributed by atoms with van der Waals surface area (Å²) < 4.78 is 0. The van der Waals surface area contributed by atoms with Crippen molar-refractivity contribution in [3.63, 3.8) is 0 Å². The van der Waals surface area contributed by atoms with Crippen LogP contribution in [0.4, 0.5) is 0 Å². The van der Waals surface area contributed by atoms with E-state index >= 15 is 0 Å². The van der Waals surface area contributed by atoms with Gasteiger partial charge in [-0.15, -0.1) is 0 Å². The Kier molecular flexibility index (Phi) is 18.7. The van der Waals surface area contributed by atoms with Crippen molar-refractivity contribution in [2.75, 3.05) is 52.9 Å². The first-order valence-electron chi connectivity index (χ1n) is 8.68. The van der Waals surface area contributed by atoms with Gasteiger partial charge in [-0.1, -0.05) is 26.2 Å². The third-order valence-corrected chi connectivity index (χ3v) is 3.44. The van der Waals surface area contributed by atoms with Crippen LogP contribution in [0.15, 0.2) is 0 Å². The van der Waals surface area contributed by atoms with Gasteiger partial charge < -0.3 is 21.3 Å². The summed E-state index contributed by atoms with van der Waals surface area (Å²) in [5, 5.41) is 13.5. The molecule has 0 aromatic carbocycles. The zero-order valence-corrected chi connectivity index (χ0v) is 13.9. The summed E-state index contributed by atoms with van der Waals surface area (Å²) in [4.78, 5) is 0. The molecule has 0 atom stereocenters. The minimum absolute atomic E-state index is 1.09. The van der Waals surface area contributed by atoms with E-state index in [1.807, 2.05) is 7.05 Å². The molecule has 0 heterocycles. The Bertz CT molecular complexity index is 147. The lowest BCUT2D eigenvalue weighted by atomic mass is 10.1. The first-order chi connectivity index (χ1) is 9.91. The summed E-state index contributed by atoms with van der Waals surface area (Å²) in [5.74, 6) is 0. The average molecular weight is 287 g/mol. The highest BCUT2D eigenvalue weighted by molar-refractivity contribution is 4.53. The summed E-state index contributed by atoms with van der Waals surface area (Å²) >= 11 is 0. The molecule has 0 aromatic rings. The Morgan fingerprint density at radius 3 is 1.50 bits per heavy atom. The van der Waals surface area contributed by atoms with Crippen LogP contribution in [0.5, 0.6) is 0 Å². The maximum Gasteiger partial charge on any atom is -0.00368 e. The molecule has 0 bridgehead atoms. The molecule has 0 unspecified atom stereocenters. The highest BCUT2D eigenvalue weighted by atomic mass is 14.9. The van der Waals surface area contributed by atoms with Crippen LogP contribution in [0, 0.1) is 0 Å². The zero-order valence-electron chi connectivity index (χ0n) is 13.9. The van der Waals surface area contributed by atoms with Crippen LogP contribution in [0.2, 0.25) is 0 Å². The minimum atomic E-state index is 1.09. The maximum atomic E-state index is 3.52. The summed E-state index contributed by atoms with van der Waals surface area (Å²) in [6, 6.07) is 0. The van der Waals surface area contributed by atoms with Crippen LogP contribution in [-0.4, -0.2) is 52.9 Å². The second kappa shape index (κ2) is 18.8. The van der Waals surface area contributed by atoms with Gasteiger partial charge in [0.2, 0.25) is 0 Å². The molecule has 0 saturated heterocycles. The predicted molar refractivity (Wildman–Crippen MR) is 90.5 cm³/mol. The Morgan fingerprint density at radius 1 is 0.500 bits per heavy atom. The summed E-state index contributed by atoms with van der Waals surface area (Å²) in [7, 11) is 2.01. The average Bonchev–Trinajstić information content (AvgIpc) is 2.47. The summed E-state index contributed by atoms with van der Waals surface area (Å²) in [6.45, 7) is 10.2. The fourth-order valence-electron chi connectivity index (χ4n) is 2.19. The fraction of sp³-hybridized carbons (Fsp3) is 1.00. The van der Waals surface area contributed by atoms with E-state index in [0.29, 0.717) is 0 Å². The molecule has 20 heavy (non-hydrogen) atoms. The molecule has 0 aliphatic rings. The van der Waals surface area contributed by atoms with Gasteiger partial charge in [0.1, 0.15) is 0 Å². The lowest BCUT2D eigenvalue weighted by molar-refractivity contribution is 0.542. The molecule has 0 fully saturated rings. The lowest BCUT2D eigenvalue weighted by Crippen LogP contribution is -2.22. The number of unbranched alkanes of at least 4 members (excludes halogenated alkanes) is 4. The van der Waals surface area contributed by atoms with Crippen molar-refractivity contribution in [1.82, 2.24) is 21.3 Å². The van der Waals surface area contributed by atoms with Crippen LogP contribution >= 0.6 is 0 Å². The van der Waals surface area contributed by atoms with E-state index in [2.05, 4.69) is 28.2 Å². The van der Waals surface area contributed by atoms with Gasteiger partial charge in [0.15, 0.2) is 0 Å². The van der Waals surface area contributed by atoms with Gasteiger partial charge in [0.05, 0.1) is 0 Å². The Balaban J connectivity index is 2.89. The molecule has 0 radical (unpaired) electrons. The molecular formula is C16H38N4. The van der Waals surface area contributed by atoms with E-state index in [1.54, 1.807) is 0 Å². The highest BCUT2D eigenvalue weighted by Gasteiger charge is 1.92. The first kappa shape index (κ1) is 19.8. The van der Waals surface area contributed by atoms with Crippen LogP contribution in [0.25, 0.3) is 0 Å². The van der Waals surface area contributed by atoms with E-state index in [0.717, 1.165) is 32.7 Å². The van der Waals surface area contributed by atoms with Gasteiger partial charge >= 0.3 is 0 Å². The summed E-state index contributed by atoms with van der Waals surface area (Å²) in [5.41, 5.74) is 0. The molecule has 4 nitrogen and oxygen atoms in total. The van der Waals surface area contributed by atoms with Crippen LogP contribution < -0.4 is 21.3 Å². The number of rotatable bonds is 17. The molecule has 0 aromatic heterocycles. The minimum Gasteiger partial charge on any atom is -0.320 e. The van der Waals surface area contributed by atoms with E-state index in [4.69, 9.17) is 0 Å². The standard InChI is InChI=1S/C16H38N4/c1-3-18-14-10-16-20-13-8-6-4-5-7-12-19-15-9-11-17-2/h17-20H,3-16H2,1-2H3. The molecule has 122 valence electrons. The highest BCUT2D eigenvalue weighted by Crippen LogP contribution is 2.01. The topological polar surface area (TPSA) is 48.1 Å². The molecule has 0 aliphatic carbocycles. The smallest absolute Gasteiger partial charge is 0.00368 e. The molecule has 0 saturated carbocycles. The third-order valence-electron chi connectivity index (χ3n) is 3.44. The first-order valence-corrected chi connectivity index (χ1v) is 8.68. The van der Waals surface area contributed by atoms with Crippen molar-refractivity contribution in [2.24, 2.45) is 0 Å². The SMILES string of the molecule is CCNCCCNCCCCCCCNCCCNC. The Morgan fingerprint density at radius 2 is 0.950 bits per heavy atom. The molecule has 4 N–H and O–H groups in total. The number of hydrogen-bond acceptors (Lipinski definition) is 4. The number of nitrogens with one attached hydrogen (secondary N) is 4. The van der Waals surface area contributed by atoms with Crippen molar-refractivity contribution in [2.45, 2.75) is 51.9 Å². The molecule has 0 rings (SSSR count). The van der Waals surface area contributed by atoms with E-state index in [9.17, 15) is 0 Å². The summed E-state index contributed by atoms with van der Waals surface area (Å²) in [6.07, 6.45) is 9.27. The van der Waals surface area contributed by atoms with E-state index < -0.39 is 0 Å². The second-order valence-corrected chi connectivity index (χ2v) is 5.43. The number of hydrogen-bond donors (Lipinski definition) is 4. The van der Waals surface area contributed by atoms with Crippen LogP contribution in [0.3, 0.4) is 0 Å². The molecular weight excluding hydrogens is 248 g/mol. The van der Waals surface area contributed by atoms with Crippen molar-refractivity contribution in [3.8, 4) is 0 Å². The molecule has 0 amide bonds. The van der Waals surface area contributed by atoms with Gasteiger partial charge in [-0.2, -0.15) is 0 Å². The van der Waals surface area contributed by atoms with Crippen molar-refractivity contribution in [1.29, 1.82) is 0 Å². The molecule has 0 spiro atoms.